The maximum atomic E-state index is 12.8. The van der Waals surface area contributed by atoms with Crippen LogP contribution in [-0.4, -0.2) is 50.2 Å². The lowest BCUT2D eigenvalue weighted by molar-refractivity contribution is -0.116. The molecule has 1 heterocycles. The van der Waals surface area contributed by atoms with Crippen LogP contribution >= 0.6 is 0 Å². The number of hydrogen-bond acceptors (Lipinski definition) is 6. The van der Waals surface area contributed by atoms with E-state index in [9.17, 15) is 18.0 Å². The van der Waals surface area contributed by atoms with Gasteiger partial charge in [0.1, 0.15) is 5.75 Å². The zero-order valence-electron chi connectivity index (χ0n) is 18.2. The average Bonchev–Trinajstić information content (AvgIpc) is 2.83. The van der Waals surface area contributed by atoms with Gasteiger partial charge in [-0.1, -0.05) is 18.2 Å². The van der Waals surface area contributed by atoms with Crippen molar-refractivity contribution in [2.45, 2.75) is 11.4 Å². The summed E-state index contributed by atoms with van der Waals surface area (Å²) in [5.74, 6) is -0.441. The van der Waals surface area contributed by atoms with E-state index >= 15 is 0 Å². The molecule has 2 amide bonds. The number of hydrogen-bond donors (Lipinski definition) is 2. The summed E-state index contributed by atoms with van der Waals surface area (Å²) in [6.45, 7) is -0.155. The van der Waals surface area contributed by atoms with E-state index in [1.54, 1.807) is 42.7 Å². The topological polar surface area (TPSA) is 118 Å². The van der Waals surface area contributed by atoms with Gasteiger partial charge in [-0.25, -0.2) is 8.42 Å². The summed E-state index contributed by atoms with van der Waals surface area (Å²) in [5.41, 5.74) is 1.37. The zero-order valence-corrected chi connectivity index (χ0v) is 19.0. The number of methoxy groups -OCH3 is 1. The molecule has 0 saturated carbocycles. The summed E-state index contributed by atoms with van der Waals surface area (Å²) in [6.07, 6.45) is 3.29. The normalized spacial score (nSPS) is 11.1. The predicted molar refractivity (Wildman–Crippen MR) is 123 cm³/mol. The summed E-state index contributed by atoms with van der Waals surface area (Å²) in [6, 6.07) is 16.0. The molecule has 0 aliphatic heterocycles. The Hall–Kier alpha value is -3.76. The second-order valence-corrected chi connectivity index (χ2v) is 9.12. The number of amides is 2. The second kappa shape index (κ2) is 10.7. The van der Waals surface area contributed by atoms with Crippen molar-refractivity contribution in [3.63, 3.8) is 0 Å². The van der Waals surface area contributed by atoms with Crippen molar-refractivity contribution in [1.29, 1.82) is 0 Å². The fourth-order valence-electron chi connectivity index (χ4n) is 2.97. The summed E-state index contributed by atoms with van der Waals surface area (Å²) in [5, 5.41) is 5.40. The molecule has 3 aromatic rings. The highest BCUT2D eigenvalue weighted by molar-refractivity contribution is 7.89. The Morgan fingerprint density at radius 3 is 2.42 bits per heavy atom. The van der Waals surface area contributed by atoms with Crippen molar-refractivity contribution in [2.75, 3.05) is 26.0 Å². The number of benzene rings is 2. The molecule has 1 aromatic heterocycles. The Kier molecular flexibility index (Phi) is 7.75. The molecule has 0 saturated heterocycles. The predicted octanol–water partition coefficient (Wildman–Crippen LogP) is 2.28. The van der Waals surface area contributed by atoms with Gasteiger partial charge in [0.2, 0.25) is 15.9 Å². The summed E-state index contributed by atoms with van der Waals surface area (Å²) in [4.78, 5) is 29.3. The molecule has 33 heavy (non-hydrogen) atoms. The molecular weight excluding hydrogens is 444 g/mol. The Morgan fingerprint density at radius 1 is 1.03 bits per heavy atom. The van der Waals surface area contributed by atoms with Gasteiger partial charge in [0.15, 0.2) is 0 Å². The van der Waals surface area contributed by atoms with E-state index in [2.05, 4.69) is 15.6 Å². The quantitative estimate of drug-likeness (QED) is 0.498. The monoisotopic (exact) mass is 468 g/mol. The second-order valence-electron chi connectivity index (χ2n) is 7.07. The van der Waals surface area contributed by atoms with Crippen molar-refractivity contribution in [2.24, 2.45) is 0 Å². The molecule has 0 fully saturated rings. The van der Waals surface area contributed by atoms with Gasteiger partial charge < -0.3 is 15.4 Å². The molecule has 9 nitrogen and oxygen atoms in total. The molecule has 0 spiro atoms. The average molecular weight is 469 g/mol. The molecule has 2 aromatic carbocycles. The number of sulfonamides is 1. The lowest BCUT2D eigenvalue weighted by atomic mass is 10.1. The van der Waals surface area contributed by atoms with Crippen molar-refractivity contribution >= 4 is 27.5 Å². The van der Waals surface area contributed by atoms with Gasteiger partial charge in [-0.05, 0) is 48.0 Å². The Bertz CT molecular complexity index is 1220. The van der Waals surface area contributed by atoms with Gasteiger partial charge in [0, 0.05) is 26.0 Å². The van der Waals surface area contributed by atoms with Crippen molar-refractivity contribution in [3.05, 3.63) is 84.2 Å². The third-order valence-electron chi connectivity index (χ3n) is 4.76. The number of nitrogens with zero attached hydrogens (tertiary/aromatic N) is 2. The minimum Gasteiger partial charge on any atom is -0.497 e. The SMILES string of the molecule is COc1ccc(S(=O)(=O)N(C)CC(=O)Nc2ccccc2C(=O)NCc2cccnc2)cc1. The molecule has 3 rings (SSSR count). The first-order valence-corrected chi connectivity index (χ1v) is 11.4. The molecular formula is C23H24N4O5S. The van der Waals surface area contributed by atoms with E-state index in [0.29, 0.717) is 5.75 Å². The molecule has 0 atom stereocenters. The number of rotatable bonds is 9. The van der Waals surface area contributed by atoms with Crippen LogP contribution in [-0.2, 0) is 21.4 Å². The van der Waals surface area contributed by atoms with Gasteiger partial charge in [0.25, 0.3) is 5.91 Å². The molecule has 10 heteroatoms. The zero-order chi connectivity index (χ0) is 23.8. The summed E-state index contributed by atoms with van der Waals surface area (Å²) < 4.78 is 31.5. The number of anilines is 1. The van der Waals surface area contributed by atoms with Crippen molar-refractivity contribution in [3.8, 4) is 5.75 Å². The minimum atomic E-state index is -3.89. The van der Waals surface area contributed by atoms with Crippen LogP contribution in [0.5, 0.6) is 5.75 Å². The van der Waals surface area contributed by atoms with Crippen molar-refractivity contribution in [1.82, 2.24) is 14.6 Å². The highest BCUT2D eigenvalue weighted by atomic mass is 32.2. The number of pyridine rings is 1. The Labute approximate surface area is 192 Å². The van der Waals surface area contributed by atoms with E-state index in [0.717, 1.165) is 9.87 Å². The lowest BCUT2D eigenvalue weighted by Gasteiger charge is -2.18. The molecule has 172 valence electrons. The molecule has 0 radical (unpaired) electrons. The van der Waals surface area contributed by atoms with Crippen LogP contribution < -0.4 is 15.4 Å². The van der Waals surface area contributed by atoms with Crippen LogP contribution in [0, 0.1) is 0 Å². The smallest absolute Gasteiger partial charge is 0.253 e. The Balaban J connectivity index is 1.65. The molecule has 2 N–H and O–H groups in total. The molecule has 0 aliphatic rings. The maximum Gasteiger partial charge on any atom is 0.253 e. The summed E-state index contributed by atoms with van der Waals surface area (Å²) in [7, 11) is -1.09. The highest BCUT2D eigenvalue weighted by Crippen LogP contribution is 2.19. The molecule has 0 aliphatic carbocycles. The first-order chi connectivity index (χ1) is 15.8. The lowest BCUT2D eigenvalue weighted by Crippen LogP contribution is -2.35. The molecule has 0 unspecified atom stereocenters. The molecule has 0 bridgehead atoms. The van der Waals surface area contributed by atoms with Crippen LogP contribution in [0.3, 0.4) is 0 Å². The fourth-order valence-corrected chi connectivity index (χ4v) is 4.10. The largest absolute Gasteiger partial charge is 0.497 e. The first kappa shape index (κ1) is 23.9. The third-order valence-corrected chi connectivity index (χ3v) is 6.57. The van der Waals surface area contributed by atoms with Crippen LogP contribution in [0.15, 0.2) is 78.0 Å². The van der Waals surface area contributed by atoms with Crippen molar-refractivity contribution < 1.29 is 22.7 Å². The van der Waals surface area contributed by atoms with E-state index in [4.69, 9.17) is 4.74 Å². The number of nitrogens with one attached hydrogen (secondary N) is 2. The van der Waals surface area contributed by atoms with E-state index < -0.39 is 22.5 Å². The van der Waals surface area contributed by atoms with Crippen LogP contribution in [0.2, 0.25) is 0 Å². The fraction of sp³-hybridized carbons (Fsp3) is 0.174. The van der Waals surface area contributed by atoms with Crippen LogP contribution in [0.4, 0.5) is 5.69 Å². The maximum absolute atomic E-state index is 12.8. The summed E-state index contributed by atoms with van der Waals surface area (Å²) >= 11 is 0. The van der Waals surface area contributed by atoms with Gasteiger partial charge >= 0.3 is 0 Å². The standard InChI is InChI=1S/C23H24N4O5S/c1-27(33(30,31)19-11-9-18(32-2)10-12-19)16-22(28)26-21-8-4-3-7-20(21)23(29)25-15-17-6-5-13-24-14-17/h3-14H,15-16H2,1-2H3,(H,25,29)(H,26,28). The van der Waals surface area contributed by atoms with Gasteiger partial charge in [-0.15, -0.1) is 0 Å². The first-order valence-electron chi connectivity index (χ1n) is 9.97. The number of ether oxygens (including phenoxy) is 1. The Morgan fingerprint density at radius 2 is 1.76 bits per heavy atom. The van der Waals surface area contributed by atoms with E-state index in [-0.39, 0.29) is 28.6 Å². The number of likely N-dealkylation sites (N-methyl/N-ethyl adjacent to an activating group) is 1. The van der Waals surface area contributed by atoms with Gasteiger partial charge in [-0.3, -0.25) is 14.6 Å². The third kappa shape index (κ3) is 6.15. The van der Waals surface area contributed by atoms with Gasteiger partial charge in [-0.2, -0.15) is 4.31 Å². The van der Waals surface area contributed by atoms with Gasteiger partial charge in [0.05, 0.1) is 29.8 Å². The van der Waals surface area contributed by atoms with E-state index in [1.807, 2.05) is 6.07 Å². The number of carbonyl (C=O) groups is 2. The number of aromatic nitrogens is 1. The van der Waals surface area contributed by atoms with Crippen LogP contribution in [0.1, 0.15) is 15.9 Å². The highest BCUT2D eigenvalue weighted by Gasteiger charge is 2.23. The number of carbonyl (C=O) groups excluding carboxylic acids is 2. The van der Waals surface area contributed by atoms with E-state index in [1.165, 1.54) is 38.4 Å². The van der Waals surface area contributed by atoms with Crippen LogP contribution in [0.25, 0.3) is 0 Å². The minimum absolute atomic E-state index is 0.0359. The number of para-hydroxylation sites is 1.